The number of nitrogens with one attached hydrogen (secondary N) is 1. The van der Waals surface area contributed by atoms with Crippen LogP contribution in [0.25, 0.3) is 0 Å². The van der Waals surface area contributed by atoms with Gasteiger partial charge >= 0.3 is 5.69 Å². The molecule has 2 atom stereocenters. The third kappa shape index (κ3) is 3.34. The van der Waals surface area contributed by atoms with Gasteiger partial charge in [0, 0.05) is 11.3 Å². The zero-order chi connectivity index (χ0) is 13.8. The van der Waals surface area contributed by atoms with Gasteiger partial charge in [0.05, 0.1) is 4.92 Å². The molecule has 2 unspecified atom stereocenters. The second-order valence-electron chi connectivity index (χ2n) is 4.70. The molecule has 1 aromatic carbocycles. The Morgan fingerprint density at radius 2 is 2.16 bits per heavy atom. The van der Waals surface area contributed by atoms with E-state index in [0.29, 0.717) is 10.9 Å². The van der Waals surface area contributed by atoms with Gasteiger partial charge in [0.15, 0.2) is 0 Å². The van der Waals surface area contributed by atoms with E-state index in [2.05, 4.69) is 11.6 Å². The van der Waals surface area contributed by atoms with Crippen LogP contribution in [-0.4, -0.2) is 22.5 Å². The zero-order valence-corrected chi connectivity index (χ0v) is 12.3. The van der Waals surface area contributed by atoms with Crippen LogP contribution in [0.15, 0.2) is 18.2 Å². The van der Waals surface area contributed by atoms with Crippen molar-refractivity contribution < 1.29 is 4.92 Å². The summed E-state index contributed by atoms with van der Waals surface area (Å²) in [5.41, 5.74) is 0.512. The monoisotopic (exact) mass is 300 g/mol. The van der Waals surface area contributed by atoms with Crippen LogP contribution in [-0.2, 0) is 0 Å². The van der Waals surface area contributed by atoms with Crippen molar-refractivity contribution in [1.29, 1.82) is 0 Å². The Morgan fingerprint density at radius 1 is 1.42 bits per heavy atom. The first kappa shape index (κ1) is 14.5. The van der Waals surface area contributed by atoms with Crippen molar-refractivity contribution in [3.05, 3.63) is 33.3 Å². The highest BCUT2D eigenvalue weighted by molar-refractivity contribution is 7.99. The molecule has 0 heterocycles. The molecular formula is C13H17ClN2O2S. The van der Waals surface area contributed by atoms with Gasteiger partial charge in [0.2, 0.25) is 0 Å². The minimum absolute atomic E-state index is 0.0189. The van der Waals surface area contributed by atoms with Crippen molar-refractivity contribution in [3.63, 3.8) is 0 Å². The van der Waals surface area contributed by atoms with Gasteiger partial charge in [-0.2, -0.15) is 11.8 Å². The molecule has 4 nitrogen and oxygen atoms in total. The quantitative estimate of drug-likeness (QED) is 0.664. The van der Waals surface area contributed by atoms with Gasteiger partial charge in [-0.15, -0.1) is 0 Å². The fourth-order valence-corrected chi connectivity index (χ4v) is 3.74. The number of thioether (sulfide) groups is 1. The summed E-state index contributed by atoms with van der Waals surface area (Å²) in [6, 6.07) is 5.31. The molecule has 104 valence electrons. The molecule has 0 aliphatic heterocycles. The number of nitro groups is 1. The minimum Gasteiger partial charge on any atom is -0.376 e. The molecule has 2 rings (SSSR count). The van der Waals surface area contributed by atoms with Crippen LogP contribution in [0.5, 0.6) is 0 Å². The average Bonchev–Trinajstić information content (AvgIpc) is 2.39. The van der Waals surface area contributed by atoms with Crippen LogP contribution < -0.4 is 5.32 Å². The number of nitrogens with zero attached hydrogens (tertiary/aromatic N) is 1. The van der Waals surface area contributed by atoms with Crippen molar-refractivity contribution in [1.82, 2.24) is 0 Å². The Balaban J connectivity index is 2.22. The summed E-state index contributed by atoms with van der Waals surface area (Å²) >= 11 is 7.75. The second-order valence-corrected chi connectivity index (χ2v) is 6.19. The molecule has 0 spiro atoms. The van der Waals surface area contributed by atoms with E-state index in [1.165, 1.54) is 12.8 Å². The van der Waals surface area contributed by atoms with E-state index in [0.717, 1.165) is 12.8 Å². The van der Waals surface area contributed by atoms with Crippen LogP contribution in [0.4, 0.5) is 11.4 Å². The number of rotatable bonds is 4. The van der Waals surface area contributed by atoms with E-state index in [-0.39, 0.29) is 16.8 Å². The number of anilines is 1. The molecule has 0 bridgehead atoms. The Kier molecular flexibility index (Phi) is 4.93. The molecule has 0 saturated heterocycles. The molecule has 1 fully saturated rings. The Hall–Kier alpha value is -0.940. The molecule has 0 radical (unpaired) electrons. The fraction of sp³-hybridized carbons (Fsp3) is 0.538. The van der Waals surface area contributed by atoms with E-state index in [1.807, 2.05) is 11.8 Å². The minimum atomic E-state index is -0.415. The molecule has 19 heavy (non-hydrogen) atoms. The lowest BCUT2D eigenvalue weighted by molar-refractivity contribution is -0.383. The van der Waals surface area contributed by atoms with Crippen LogP contribution in [0.2, 0.25) is 5.02 Å². The van der Waals surface area contributed by atoms with Gasteiger partial charge in [0.25, 0.3) is 0 Å². The third-order valence-corrected chi connectivity index (χ3v) is 4.99. The zero-order valence-electron chi connectivity index (χ0n) is 10.8. The summed E-state index contributed by atoms with van der Waals surface area (Å²) in [7, 11) is 0. The first-order valence-corrected chi connectivity index (χ1v) is 8.02. The molecule has 1 aliphatic carbocycles. The van der Waals surface area contributed by atoms with E-state index in [9.17, 15) is 10.1 Å². The van der Waals surface area contributed by atoms with Gasteiger partial charge in [-0.05, 0) is 31.2 Å². The van der Waals surface area contributed by atoms with Crippen LogP contribution in [0.3, 0.4) is 0 Å². The number of hydrogen-bond donors (Lipinski definition) is 1. The van der Waals surface area contributed by atoms with Gasteiger partial charge in [-0.25, -0.2) is 0 Å². The molecular weight excluding hydrogens is 284 g/mol. The number of halogens is 1. The molecule has 6 heteroatoms. The maximum Gasteiger partial charge on any atom is 0.310 e. The van der Waals surface area contributed by atoms with Crippen molar-refractivity contribution in [3.8, 4) is 0 Å². The molecule has 1 saturated carbocycles. The SMILES string of the molecule is CSC1CCCCC1Nc1cccc(Cl)c1[N+](=O)[O-]. The van der Waals surface area contributed by atoms with Crippen molar-refractivity contribution in [2.75, 3.05) is 11.6 Å². The van der Waals surface area contributed by atoms with Crippen molar-refractivity contribution >= 4 is 34.7 Å². The predicted octanol–water partition coefficient (Wildman–Crippen LogP) is 4.33. The Bertz CT molecular complexity index is 470. The summed E-state index contributed by atoms with van der Waals surface area (Å²) in [6.07, 6.45) is 6.71. The summed E-state index contributed by atoms with van der Waals surface area (Å²) in [4.78, 5) is 10.7. The summed E-state index contributed by atoms with van der Waals surface area (Å²) in [5, 5.41) is 15.1. The maximum atomic E-state index is 11.1. The maximum absolute atomic E-state index is 11.1. The first-order valence-electron chi connectivity index (χ1n) is 6.35. The lowest BCUT2D eigenvalue weighted by atomic mass is 9.94. The summed E-state index contributed by atoms with van der Waals surface area (Å²) in [5.74, 6) is 0. The van der Waals surface area contributed by atoms with E-state index < -0.39 is 4.92 Å². The smallest absolute Gasteiger partial charge is 0.310 e. The van der Waals surface area contributed by atoms with Crippen LogP contribution >= 0.6 is 23.4 Å². The van der Waals surface area contributed by atoms with Crippen molar-refractivity contribution in [2.45, 2.75) is 37.0 Å². The lowest BCUT2D eigenvalue weighted by Gasteiger charge is -2.31. The molecule has 0 aromatic heterocycles. The van der Waals surface area contributed by atoms with E-state index >= 15 is 0 Å². The highest BCUT2D eigenvalue weighted by atomic mass is 35.5. The number of para-hydroxylation sites is 1. The normalized spacial score (nSPS) is 23.1. The average molecular weight is 301 g/mol. The molecule has 1 N–H and O–H groups in total. The van der Waals surface area contributed by atoms with E-state index in [1.54, 1.807) is 18.2 Å². The van der Waals surface area contributed by atoms with E-state index in [4.69, 9.17) is 11.6 Å². The fourth-order valence-electron chi connectivity index (χ4n) is 2.56. The lowest BCUT2D eigenvalue weighted by Crippen LogP contribution is -2.34. The summed E-state index contributed by atoms with van der Waals surface area (Å²) in [6.45, 7) is 0. The largest absolute Gasteiger partial charge is 0.376 e. The first-order chi connectivity index (χ1) is 9.13. The second kappa shape index (κ2) is 6.48. The standard InChI is InChI=1S/C13H17ClN2O2S/c1-19-12-8-3-2-6-10(12)15-11-7-4-5-9(14)13(11)16(17)18/h4-5,7,10,12,15H,2-3,6,8H2,1H3. The Morgan fingerprint density at radius 3 is 2.84 bits per heavy atom. The molecule has 1 aliphatic rings. The number of hydrogen-bond acceptors (Lipinski definition) is 4. The van der Waals surface area contributed by atoms with Crippen LogP contribution in [0, 0.1) is 10.1 Å². The topological polar surface area (TPSA) is 55.2 Å². The van der Waals surface area contributed by atoms with Crippen molar-refractivity contribution in [2.24, 2.45) is 0 Å². The molecule has 1 aromatic rings. The van der Waals surface area contributed by atoms with Gasteiger partial charge < -0.3 is 5.32 Å². The van der Waals surface area contributed by atoms with Gasteiger partial charge in [-0.1, -0.05) is 30.5 Å². The summed E-state index contributed by atoms with van der Waals surface area (Å²) < 4.78 is 0. The third-order valence-electron chi connectivity index (χ3n) is 3.52. The molecule has 0 amide bonds. The number of benzene rings is 1. The Labute approximate surface area is 122 Å². The van der Waals surface area contributed by atoms with Crippen LogP contribution in [0.1, 0.15) is 25.7 Å². The predicted molar refractivity (Wildman–Crippen MR) is 81.3 cm³/mol. The highest BCUT2D eigenvalue weighted by Crippen LogP contribution is 2.36. The highest BCUT2D eigenvalue weighted by Gasteiger charge is 2.27. The number of nitro benzene ring substituents is 1. The van der Waals surface area contributed by atoms with Gasteiger partial charge in [0.1, 0.15) is 10.7 Å². The van der Waals surface area contributed by atoms with Gasteiger partial charge in [-0.3, -0.25) is 10.1 Å².